The fourth-order valence-electron chi connectivity index (χ4n) is 1.97. The first-order valence-corrected chi connectivity index (χ1v) is 8.06. The molecule has 0 aliphatic carbocycles. The largest absolute Gasteiger partial charge is 0.496 e. The highest BCUT2D eigenvalue weighted by molar-refractivity contribution is 9.10. The molecule has 0 bridgehead atoms. The summed E-state index contributed by atoms with van der Waals surface area (Å²) < 4.78 is 11.9. The molecule has 0 aromatic heterocycles. The number of hydrogen-bond acceptors (Lipinski definition) is 2. The highest BCUT2D eigenvalue weighted by Crippen LogP contribution is 2.38. The standard InChI is InChI=1S/C16H16Br2O2/c1-3-20-13-7-4-11(5-8-13)16(18)14-9-6-12(17)10-15(14)19-2/h4-10,16H,3H2,1-2H3. The lowest BCUT2D eigenvalue weighted by Crippen LogP contribution is -1.98. The van der Waals surface area contributed by atoms with Crippen molar-refractivity contribution in [2.45, 2.75) is 11.8 Å². The molecule has 0 spiro atoms. The van der Waals surface area contributed by atoms with E-state index in [9.17, 15) is 0 Å². The number of alkyl halides is 1. The van der Waals surface area contributed by atoms with Crippen LogP contribution in [0.4, 0.5) is 0 Å². The third-order valence-electron chi connectivity index (χ3n) is 2.95. The van der Waals surface area contributed by atoms with E-state index in [0.29, 0.717) is 6.61 Å². The number of halogens is 2. The summed E-state index contributed by atoms with van der Waals surface area (Å²) in [7, 11) is 1.68. The van der Waals surface area contributed by atoms with E-state index in [2.05, 4.69) is 50.1 Å². The van der Waals surface area contributed by atoms with Crippen molar-refractivity contribution in [1.29, 1.82) is 0 Å². The minimum absolute atomic E-state index is 0.0845. The van der Waals surface area contributed by atoms with Gasteiger partial charge in [-0.1, -0.05) is 50.1 Å². The molecule has 0 aliphatic rings. The number of benzene rings is 2. The topological polar surface area (TPSA) is 18.5 Å². The van der Waals surface area contributed by atoms with Gasteiger partial charge in [-0.3, -0.25) is 0 Å². The summed E-state index contributed by atoms with van der Waals surface area (Å²) in [5.74, 6) is 1.74. The van der Waals surface area contributed by atoms with Crippen LogP contribution in [0.5, 0.6) is 11.5 Å². The van der Waals surface area contributed by atoms with Crippen molar-refractivity contribution < 1.29 is 9.47 Å². The Kier molecular flexibility index (Phi) is 5.49. The maximum absolute atomic E-state index is 5.46. The fourth-order valence-corrected chi connectivity index (χ4v) is 3.00. The van der Waals surface area contributed by atoms with Crippen LogP contribution in [0.1, 0.15) is 22.9 Å². The van der Waals surface area contributed by atoms with Gasteiger partial charge in [-0.2, -0.15) is 0 Å². The second-order valence-corrected chi connectivity index (χ2v) is 6.08. The van der Waals surface area contributed by atoms with Gasteiger partial charge in [-0.25, -0.2) is 0 Å². The third kappa shape index (κ3) is 3.55. The first kappa shape index (κ1) is 15.4. The van der Waals surface area contributed by atoms with Crippen molar-refractivity contribution in [2.24, 2.45) is 0 Å². The maximum atomic E-state index is 5.46. The second-order valence-electron chi connectivity index (χ2n) is 4.25. The molecular weight excluding hydrogens is 384 g/mol. The summed E-state index contributed by atoms with van der Waals surface area (Å²) in [6, 6.07) is 14.1. The van der Waals surface area contributed by atoms with Gasteiger partial charge in [0.15, 0.2) is 0 Å². The lowest BCUT2D eigenvalue weighted by Gasteiger charge is -2.15. The Morgan fingerprint density at radius 2 is 1.80 bits per heavy atom. The molecule has 0 fully saturated rings. The SMILES string of the molecule is CCOc1ccc(C(Br)c2ccc(Br)cc2OC)cc1. The number of methoxy groups -OCH3 is 1. The van der Waals surface area contributed by atoms with E-state index in [1.807, 2.05) is 31.2 Å². The van der Waals surface area contributed by atoms with E-state index in [4.69, 9.17) is 9.47 Å². The zero-order valence-corrected chi connectivity index (χ0v) is 14.6. The average Bonchev–Trinajstić information content (AvgIpc) is 2.47. The summed E-state index contributed by atoms with van der Waals surface area (Å²) in [6.07, 6.45) is 0. The van der Waals surface area contributed by atoms with Crippen molar-refractivity contribution in [3.63, 3.8) is 0 Å². The van der Waals surface area contributed by atoms with Crippen LogP contribution >= 0.6 is 31.9 Å². The molecule has 2 aromatic rings. The minimum atomic E-state index is 0.0845. The second kappa shape index (κ2) is 7.14. The van der Waals surface area contributed by atoms with Gasteiger partial charge in [0.1, 0.15) is 11.5 Å². The quantitative estimate of drug-likeness (QED) is 0.631. The molecule has 0 N–H and O–H groups in total. The van der Waals surface area contributed by atoms with Gasteiger partial charge in [0.2, 0.25) is 0 Å². The Bertz CT molecular complexity index is 567. The molecule has 0 aliphatic heterocycles. The van der Waals surface area contributed by atoms with E-state index in [-0.39, 0.29) is 4.83 Å². The van der Waals surface area contributed by atoms with Crippen molar-refractivity contribution in [3.05, 3.63) is 58.1 Å². The van der Waals surface area contributed by atoms with E-state index in [1.54, 1.807) is 7.11 Å². The lowest BCUT2D eigenvalue weighted by molar-refractivity contribution is 0.340. The number of ether oxygens (including phenoxy) is 2. The lowest BCUT2D eigenvalue weighted by atomic mass is 10.0. The van der Waals surface area contributed by atoms with Crippen molar-refractivity contribution >= 4 is 31.9 Å². The molecule has 1 atom stereocenters. The average molecular weight is 400 g/mol. The number of hydrogen-bond donors (Lipinski definition) is 0. The Morgan fingerprint density at radius 3 is 2.40 bits per heavy atom. The molecule has 0 saturated heterocycles. The molecule has 106 valence electrons. The van der Waals surface area contributed by atoms with Gasteiger partial charge >= 0.3 is 0 Å². The molecular formula is C16H16Br2O2. The smallest absolute Gasteiger partial charge is 0.124 e. The van der Waals surface area contributed by atoms with Crippen LogP contribution in [0, 0.1) is 0 Å². The van der Waals surface area contributed by atoms with Crippen LogP contribution in [0.3, 0.4) is 0 Å². The van der Waals surface area contributed by atoms with Crippen molar-refractivity contribution in [2.75, 3.05) is 13.7 Å². The van der Waals surface area contributed by atoms with Crippen LogP contribution in [-0.4, -0.2) is 13.7 Å². The van der Waals surface area contributed by atoms with Crippen molar-refractivity contribution in [3.8, 4) is 11.5 Å². The van der Waals surface area contributed by atoms with Crippen LogP contribution in [-0.2, 0) is 0 Å². The molecule has 0 heterocycles. The van der Waals surface area contributed by atoms with Gasteiger partial charge in [-0.15, -0.1) is 0 Å². The van der Waals surface area contributed by atoms with Crippen LogP contribution in [0.25, 0.3) is 0 Å². The monoisotopic (exact) mass is 398 g/mol. The molecule has 1 unspecified atom stereocenters. The summed E-state index contributed by atoms with van der Waals surface area (Å²) in [5.41, 5.74) is 2.26. The summed E-state index contributed by atoms with van der Waals surface area (Å²) in [6.45, 7) is 2.66. The molecule has 2 rings (SSSR count). The van der Waals surface area contributed by atoms with Crippen LogP contribution in [0.2, 0.25) is 0 Å². The van der Waals surface area contributed by atoms with Gasteiger partial charge in [0, 0.05) is 10.0 Å². The zero-order valence-electron chi connectivity index (χ0n) is 11.4. The predicted molar refractivity (Wildman–Crippen MR) is 89.1 cm³/mol. The van der Waals surface area contributed by atoms with Crippen LogP contribution in [0.15, 0.2) is 46.9 Å². The molecule has 2 nitrogen and oxygen atoms in total. The van der Waals surface area contributed by atoms with Crippen molar-refractivity contribution in [1.82, 2.24) is 0 Å². The maximum Gasteiger partial charge on any atom is 0.124 e. The van der Waals surface area contributed by atoms with Gasteiger partial charge < -0.3 is 9.47 Å². The molecule has 20 heavy (non-hydrogen) atoms. The highest BCUT2D eigenvalue weighted by Gasteiger charge is 2.15. The zero-order chi connectivity index (χ0) is 14.5. The minimum Gasteiger partial charge on any atom is -0.496 e. The summed E-state index contributed by atoms with van der Waals surface area (Å²) in [5, 5.41) is 0. The van der Waals surface area contributed by atoms with Gasteiger partial charge in [0.25, 0.3) is 0 Å². The summed E-state index contributed by atoms with van der Waals surface area (Å²) >= 11 is 7.20. The third-order valence-corrected chi connectivity index (χ3v) is 4.47. The van der Waals surface area contributed by atoms with Crippen LogP contribution < -0.4 is 9.47 Å². The Hall–Kier alpha value is -1.00. The predicted octanol–water partition coefficient (Wildman–Crippen LogP) is 5.34. The normalized spacial score (nSPS) is 12.0. The Balaban J connectivity index is 2.28. The van der Waals surface area contributed by atoms with Gasteiger partial charge in [-0.05, 0) is 36.8 Å². The van der Waals surface area contributed by atoms with Gasteiger partial charge in [0.05, 0.1) is 18.5 Å². The first-order chi connectivity index (χ1) is 9.65. The fraction of sp³-hybridized carbons (Fsp3) is 0.250. The Labute approximate surface area is 136 Å². The molecule has 4 heteroatoms. The molecule has 0 amide bonds. The molecule has 2 aromatic carbocycles. The van der Waals surface area contributed by atoms with E-state index < -0.39 is 0 Å². The first-order valence-electron chi connectivity index (χ1n) is 6.36. The molecule has 0 saturated carbocycles. The highest BCUT2D eigenvalue weighted by atomic mass is 79.9. The molecule has 0 radical (unpaired) electrons. The van der Waals surface area contributed by atoms with E-state index >= 15 is 0 Å². The van der Waals surface area contributed by atoms with E-state index in [1.165, 1.54) is 0 Å². The van der Waals surface area contributed by atoms with E-state index in [0.717, 1.165) is 27.1 Å². The summed E-state index contributed by atoms with van der Waals surface area (Å²) in [4.78, 5) is 0.0845. The number of rotatable bonds is 5. The Morgan fingerprint density at radius 1 is 1.10 bits per heavy atom.